The molecule has 1 N–H and O–H groups in total. The van der Waals surface area contributed by atoms with Crippen molar-refractivity contribution in [3.8, 4) is 0 Å². The van der Waals surface area contributed by atoms with Crippen molar-refractivity contribution in [1.82, 2.24) is 4.90 Å². The van der Waals surface area contributed by atoms with Gasteiger partial charge in [0.1, 0.15) is 11.3 Å². The molecule has 20 heavy (non-hydrogen) atoms. The summed E-state index contributed by atoms with van der Waals surface area (Å²) >= 11 is 0. The summed E-state index contributed by atoms with van der Waals surface area (Å²) in [5.41, 5.74) is -2.45. The number of carbonyl (C=O) groups excluding carboxylic acids is 1. The van der Waals surface area contributed by atoms with Crippen molar-refractivity contribution in [3.05, 3.63) is 0 Å². The van der Waals surface area contributed by atoms with Crippen molar-refractivity contribution in [2.75, 3.05) is 32.9 Å². The number of aliphatic hydroxyl groups is 1. The molecule has 1 saturated carbocycles. The molecular formula is C14H24FNO4. The zero-order valence-electron chi connectivity index (χ0n) is 12.4. The van der Waals surface area contributed by atoms with Gasteiger partial charge in [-0.05, 0) is 33.6 Å². The minimum Gasteiger partial charge on any atom is -0.444 e. The largest absolute Gasteiger partial charge is 0.444 e. The Balaban J connectivity index is 2.00. The van der Waals surface area contributed by atoms with E-state index in [1.54, 1.807) is 4.90 Å². The second-order valence-corrected chi connectivity index (χ2v) is 7.12. The number of aliphatic hydroxyl groups excluding tert-OH is 1. The molecule has 0 aromatic rings. The molecule has 0 atom stereocenters. The third kappa shape index (κ3) is 3.41. The summed E-state index contributed by atoms with van der Waals surface area (Å²) in [5.74, 6) is 0. The van der Waals surface area contributed by atoms with Crippen LogP contribution in [-0.4, -0.2) is 60.3 Å². The van der Waals surface area contributed by atoms with Gasteiger partial charge in [-0.25, -0.2) is 9.18 Å². The molecule has 1 heterocycles. The Kier molecular flexibility index (Phi) is 3.99. The smallest absolute Gasteiger partial charge is 0.410 e. The number of halogens is 1. The van der Waals surface area contributed by atoms with Crippen molar-refractivity contribution in [2.45, 2.75) is 44.9 Å². The van der Waals surface area contributed by atoms with Crippen LogP contribution in [0.4, 0.5) is 9.18 Å². The number of nitrogens with zero attached hydrogens (tertiary/aromatic N) is 1. The van der Waals surface area contributed by atoms with Gasteiger partial charge in [-0.1, -0.05) is 0 Å². The maximum atomic E-state index is 14.0. The molecule has 2 fully saturated rings. The fourth-order valence-electron chi connectivity index (χ4n) is 3.09. The molecule has 1 aliphatic heterocycles. The van der Waals surface area contributed by atoms with Crippen LogP contribution >= 0.6 is 0 Å². The van der Waals surface area contributed by atoms with Crippen LogP contribution in [0.25, 0.3) is 0 Å². The van der Waals surface area contributed by atoms with Crippen molar-refractivity contribution in [2.24, 2.45) is 5.41 Å². The minimum atomic E-state index is -1.52. The number of rotatable bonds is 1. The molecule has 1 spiro atoms. The van der Waals surface area contributed by atoms with Crippen LogP contribution in [0.3, 0.4) is 0 Å². The Morgan fingerprint density at radius 2 is 2.10 bits per heavy atom. The van der Waals surface area contributed by atoms with E-state index in [2.05, 4.69) is 0 Å². The molecule has 5 nitrogen and oxygen atoms in total. The second kappa shape index (κ2) is 5.15. The number of alkyl halides is 1. The lowest BCUT2D eigenvalue weighted by Crippen LogP contribution is -2.58. The Morgan fingerprint density at radius 1 is 1.45 bits per heavy atom. The van der Waals surface area contributed by atoms with E-state index < -0.39 is 17.9 Å². The monoisotopic (exact) mass is 289 g/mol. The van der Waals surface area contributed by atoms with E-state index >= 15 is 0 Å². The summed E-state index contributed by atoms with van der Waals surface area (Å²) in [6.07, 6.45) is 0.0775. The highest BCUT2D eigenvalue weighted by Gasteiger charge is 2.57. The molecule has 0 bridgehead atoms. The highest BCUT2D eigenvalue weighted by Crippen LogP contribution is 2.52. The van der Waals surface area contributed by atoms with Crippen molar-refractivity contribution in [1.29, 1.82) is 0 Å². The van der Waals surface area contributed by atoms with Crippen LogP contribution in [0.15, 0.2) is 0 Å². The third-order valence-corrected chi connectivity index (χ3v) is 3.76. The first-order chi connectivity index (χ1) is 9.17. The molecule has 116 valence electrons. The molecule has 6 heteroatoms. The van der Waals surface area contributed by atoms with E-state index in [-0.39, 0.29) is 24.3 Å². The van der Waals surface area contributed by atoms with Gasteiger partial charge < -0.3 is 19.5 Å². The summed E-state index contributed by atoms with van der Waals surface area (Å²) < 4.78 is 24.8. The fourth-order valence-corrected chi connectivity index (χ4v) is 3.09. The maximum Gasteiger partial charge on any atom is 0.410 e. The summed E-state index contributed by atoms with van der Waals surface area (Å²) in [6.45, 7) is 6.71. The molecule has 1 amide bonds. The molecule has 1 aliphatic carbocycles. The van der Waals surface area contributed by atoms with Gasteiger partial charge in [0.25, 0.3) is 0 Å². The summed E-state index contributed by atoms with van der Waals surface area (Å²) in [6, 6.07) is 0. The van der Waals surface area contributed by atoms with Crippen LogP contribution in [0.1, 0.15) is 33.6 Å². The predicted octanol–water partition coefficient (Wildman–Crippen LogP) is 1.73. The molecule has 1 saturated heterocycles. The van der Waals surface area contributed by atoms with Gasteiger partial charge in [-0.3, -0.25) is 0 Å². The number of hydrogen-bond acceptors (Lipinski definition) is 4. The Hall–Kier alpha value is -0.880. The third-order valence-electron chi connectivity index (χ3n) is 3.76. The second-order valence-electron chi connectivity index (χ2n) is 7.12. The summed E-state index contributed by atoms with van der Waals surface area (Å²) in [4.78, 5) is 13.7. The number of carbonyl (C=O) groups is 1. The van der Waals surface area contributed by atoms with E-state index in [0.29, 0.717) is 26.3 Å². The van der Waals surface area contributed by atoms with Crippen LogP contribution in [0.2, 0.25) is 0 Å². The fraction of sp³-hybridized carbons (Fsp3) is 0.929. The normalized spacial score (nSPS) is 34.5. The Morgan fingerprint density at radius 3 is 2.65 bits per heavy atom. The van der Waals surface area contributed by atoms with Gasteiger partial charge >= 0.3 is 6.09 Å². The van der Waals surface area contributed by atoms with Gasteiger partial charge in [0, 0.05) is 18.5 Å². The zero-order chi connectivity index (χ0) is 15.0. The average molecular weight is 289 g/mol. The van der Waals surface area contributed by atoms with E-state index in [1.807, 2.05) is 20.8 Å². The maximum absolute atomic E-state index is 14.0. The quantitative estimate of drug-likeness (QED) is 0.799. The van der Waals surface area contributed by atoms with E-state index in [1.165, 1.54) is 0 Å². The standard InChI is InChI=1S/C14H24FNO4/c1-12(2,3)20-11(18)16-4-5-19-10-13(8-16)6-14(15,7-13)9-17/h17H,4-10H2,1-3H3. The van der Waals surface area contributed by atoms with Gasteiger partial charge in [0.15, 0.2) is 0 Å². The lowest BCUT2D eigenvalue weighted by Gasteiger charge is -2.51. The summed E-state index contributed by atoms with van der Waals surface area (Å²) in [7, 11) is 0. The van der Waals surface area contributed by atoms with Crippen LogP contribution in [0.5, 0.6) is 0 Å². The lowest BCUT2D eigenvalue weighted by molar-refractivity contribution is -0.127. The summed E-state index contributed by atoms with van der Waals surface area (Å²) in [5, 5.41) is 9.04. The molecular weight excluding hydrogens is 265 g/mol. The first-order valence-electron chi connectivity index (χ1n) is 7.03. The van der Waals surface area contributed by atoms with Crippen LogP contribution < -0.4 is 0 Å². The molecule has 0 aromatic heterocycles. The molecule has 0 aromatic carbocycles. The molecule has 0 radical (unpaired) electrons. The van der Waals surface area contributed by atoms with Crippen molar-refractivity contribution >= 4 is 6.09 Å². The molecule has 0 unspecified atom stereocenters. The van der Waals surface area contributed by atoms with Crippen LogP contribution in [-0.2, 0) is 9.47 Å². The zero-order valence-corrected chi connectivity index (χ0v) is 12.4. The number of ether oxygens (including phenoxy) is 2. The first-order valence-corrected chi connectivity index (χ1v) is 7.03. The van der Waals surface area contributed by atoms with E-state index in [4.69, 9.17) is 14.6 Å². The van der Waals surface area contributed by atoms with Gasteiger partial charge in [-0.2, -0.15) is 0 Å². The van der Waals surface area contributed by atoms with E-state index in [0.717, 1.165) is 0 Å². The van der Waals surface area contributed by atoms with Gasteiger partial charge in [0.05, 0.1) is 19.8 Å². The molecule has 2 rings (SSSR count). The average Bonchev–Trinajstić information content (AvgIpc) is 2.49. The lowest BCUT2D eigenvalue weighted by atomic mass is 9.60. The predicted molar refractivity (Wildman–Crippen MR) is 71.2 cm³/mol. The number of hydrogen-bond donors (Lipinski definition) is 1. The van der Waals surface area contributed by atoms with Gasteiger partial charge in [0.2, 0.25) is 0 Å². The first kappa shape index (κ1) is 15.5. The SMILES string of the molecule is CC(C)(C)OC(=O)N1CCOCC2(C1)CC(F)(CO)C2. The van der Waals surface area contributed by atoms with E-state index in [9.17, 15) is 9.18 Å². The van der Waals surface area contributed by atoms with Gasteiger partial charge in [-0.15, -0.1) is 0 Å². The van der Waals surface area contributed by atoms with Crippen LogP contribution in [0, 0.1) is 5.41 Å². The minimum absolute atomic E-state index is 0.232. The Labute approximate surface area is 119 Å². The highest BCUT2D eigenvalue weighted by molar-refractivity contribution is 5.68. The molecule has 2 aliphatic rings. The number of amides is 1. The highest BCUT2D eigenvalue weighted by atomic mass is 19.1. The van der Waals surface area contributed by atoms with Crippen molar-refractivity contribution < 1.29 is 23.8 Å². The topological polar surface area (TPSA) is 59.0 Å². The Bertz CT molecular complexity index is 374. The van der Waals surface area contributed by atoms with Crippen molar-refractivity contribution in [3.63, 3.8) is 0 Å².